The molecule has 3 unspecified atom stereocenters. The smallest absolute Gasteiger partial charge is 0.168 e. The van der Waals surface area contributed by atoms with Crippen molar-refractivity contribution in [1.82, 2.24) is 19.5 Å². The van der Waals surface area contributed by atoms with Crippen molar-refractivity contribution in [3.8, 4) is 11.3 Å². The topological polar surface area (TPSA) is 114 Å². The van der Waals surface area contributed by atoms with Gasteiger partial charge in [0.25, 0.3) is 0 Å². The lowest BCUT2D eigenvalue weighted by molar-refractivity contribution is -0.0950. The summed E-state index contributed by atoms with van der Waals surface area (Å²) >= 11 is 1.56. The molecule has 9 heteroatoms. The fraction of sp³-hybridized carbons (Fsp3) is 0.400. The van der Waals surface area contributed by atoms with Crippen LogP contribution in [0.1, 0.15) is 13.2 Å². The second-order valence-electron chi connectivity index (χ2n) is 5.94. The highest BCUT2D eigenvalue weighted by Gasteiger charge is 2.53. The highest BCUT2D eigenvalue weighted by atomic mass is 32.1. The van der Waals surface area contributed by atoms with E-state index in [4.69, 9.17) is 4.74 Å². The molecule has 4 heterocycles. The Morgan fingerprint density at radius 2 is 2.21 bits per heavy atom. The Labute approximate surface area is 141 Å². The second kappa shape index (κ2) is 5.57. The zero-order valence-corrected chi connectivity index (χ0v) is 13.6. The van der Waals surface area contributed by atoms with Crippen LogP contribution in [-0.2, 0) is 4.74 Å². The standard InChI is InChI=1S/C15H16N4O4S/c1-15(22)12(21)9(4-20)23-14(15)19-7-18-11-10(8-2-3-24-5-8)16-6-17-13(11)19/h2-3,5-7,9,12,14,20-22H,4H2,1H3/t9?,12?,14?,15-/m1/s1. The lowest BCUT2D eigenvalue weighted by Crippen LogP contribution is -2.44. The molecule has 4 atom stereocenters. The van der Waals surface area contributed by atoms with Crippen molar-refractivity contribution in [2.75, 3.05) is 6.61 Å². The van der Waals surface area contributed by atoms with Crippen LogP contribution in [0.5, 0.6) is 0 Å². The first-order valence-electron chi connectivity index (χ1n) is 7.41. The van der Waals surface area contributed by atoms with Gasteiger partial charge in [0.2, 0.25) is 0 Å². The monoisotopic (exact) mass is 348 g/mol. The van der Waals surface area contributed by atoms with Gasteiger partial charge in [-0.15, -0.1) is 0 Å². The molecule has 0 spiro atoms. The Kier molecular flexibility index (Phi) is 3.62. The van der Waals surface area contributed by atoms with Crippen LogP contribution in [0.2, 0.25) is 0 Å². The Hall–Kier alpha value is -1.91. The van der Waals surface area contributed by atoms with E-state index in [9.17, 15) is 15.3 Å². The van der Waals surface area contributed by atoms with Gasteiger partial charge in [-0.05, 0) is 18.4 Å². The van der Waals surface area contributed by atoms with Crippen molar-refractivity contribution >= 4 is 22.5 Å². The molecule has 0 aliphatic carbocycles. The first-order chi connectivity index (χ1) is 11.5. The molecule has 3 aromatic rings. The van der Waals surface area contributed by atoms with Gasteiger partial charge in [-0.2, -0.15) is 11.3 Å². The van der Waals surface area contributed by atoms with Gasteiger partial charge in [0.1, 0.15) is 35.3 Å². The summed E-state index contributed by atoms with van der Waals surface area (Å²) in [6, 6.07) is 1.94. The SMILES string of the molecule is C[C@@]1(O)C(O)C(CO)OC1n1cnc2c(-c3ccsc3)ncnc21. The number of aromatic nitrogens is 4. The molecule has 1 aliphatic heterocycles. The van der Waals surface area contributed by atoms with Crippen LogP contribution in [0.4, 0.5) is 0 Å². The maximum atomic E-state index is 10.6. The van der Waals surface area contributed by atoms with Gasteiger partial charge in [-0.25, -0.2) is 15.0 Å². The third-order valence-corrected chi connectivity index (χ3v) is 5.02. The molecule has 126 valence electrons. The first kappa shape index (κ1) is 15.6. The first-order valence-corrected chi connectivity index (χ1v) is 8.35. The summed E-state index contributed by atoms with van der Waals surface area (Å²) in [5, 5.41) is 34.0. The molecule has 0 saturated carbocycles. The minimum Gasteiger partial charge on any atom is -0.394 e. The fourth-order valence-corrected chi connectivity index (χ4v) is 3.66. The molecule has 1 aliphatic rings. The van der Waals surface area contributed by atoms with Crippen molar-refractivity contribution in [3.05, 3.63) is 29.5 Å². The number of rotatable bonds is 3. The highest BCUT2D eigenvalue weighted by Crippen LogP contribution is 2.39. The number of imidazole rings is 1. The third kappa shape index (κ3) is 2.17. The Balaban J connectivity index is 1.83. The maximum Gasteiger partial charge on any atom is 0.168 e. The lowest BCUT2D eigenvalue weighted by Gasteiger charge is -2.27. The molecule has 0 aromatic carbocycles. The van der Waals surface area contributed by atoms with Crippen LogP contribution in [-0.4, -0.2) is 59.3 Å². The largest absolute Gasteiger partial charge is 0.394 e. The average molecular weight is 348 g/mol. The normalized spacial score (nSPS) is 30.2. The molecule has 0 radical (unpaired) electrons. The van der Waals surface area contributed by atoms with E-state index in [0.717, 1.165) is 5.56 Å². The highest BCUT2D eigenvalue weighted by molar-refractivity contribution is 7.08. The summed E-state index contributed by atoms with van der Waals surface area (Å²) in [5.41, 5.74) is 1.11. The zero-order chi connectivity index (χ0) is 16.9. The van der Waals surface area contributed by atoms with E-state index in [0.29, 0.717) is 16.9 Å². The van der Waals surface area contributed by atoms with Crippen molar-refractivity contribution in [3.63, 3.8) is 0 Å². The summed E-state index contributed by atoms with van der Waals surface area (Å²) in [4.78, 5) is 12.9. The Morgan fingerprint density at radius 1 is 1.38 bits per heavy atom. The number of fused-ring (bicyclic) bond motifs is 1. The molecule has 3 N–H and O–H groups in total. The summed E-state index contributed by atoms with van der Waals surface area (Å²) in [7, 11) is 0. The Morgan fingerprint density at radius 3 is 2.88 bits per heavy atom. The molecule has 4 rings (SSSR count). The molecule has 1 saturated heterocycles. The van der Waals surface area contributed by atoms with Gasteiger partial charge in [-0.1, -0.05) is 0 Å². The van der Waals surface area contributed by atoms with Crippen LogP contribution in [0.15, 0.2) is 29.5 Å². The molecular formula is C15H16N4O4S. The quantitative estimate of drug-likeness (QED) is 0.633. The number of thiophene rings is 1. The molecule has 0 amide bonds. The van der Waals surface area contributed by atoms with Gasteiger partial charge >= 0.3 is 0 Å². The van der Waals surface area contributed by atoms with Gasteiger partial charge in [-0.3, -0.25) is 4.57 Å². The number of aliphatic hydroxyl groups is 3. The van der Waals surface area contributed by atoms with Gasteiger partial charge in [0.15, 0.2) is 11.9 Å². The zero-order valence-electron chi connectivity index (χ0n) is 12.8. The molecule has 8 nitrogen and oxygen atoms in total. The van der Waals surface area contributed by atoms with E-state index in [2.05, 4.69) is 15.0 Å². The van der Waals surface area contributed by atoms with Crippen LogP contribution in [0, 0.1) is 0 Å². The molecule has 1 fully saturated rings. The van der Waals surface area contributed by atoms with Crippen LogP contribution < -0.4 is 0 Å². The van der Waals surface area contributed by atoms with Crippen molar-refractivity contribution in [2.45, 2.75) is 31.0 Å². The van der Waals surface area contributed by atoms with Crippen molar-refractivity contribution in [2.24, 2.45) is 0 Å². The summed E-state index contributed by atoms with van der Waals surface area (Å²) in [5.74, 6) is 0. The number of hydrogen-bond acceptors (Lipinski definition) is 8. The van der Waals surface area contributed by atoms with Gasteiger partial charge < -0.3 is 20.1 Å². The molecule has 0 bridgehead atoms. The predicted octanol–water partition coefficient (Wildman–Crippen LogP) is 0.556. The second-order valence-corrected chi connectivity index (χ2v) is 6.72. The fourth-order valence-electron chi connectivity index (χ4n) is 3.02. The van der Waals surface area contributed by atoms with E-state index in [1.807, 2.05) is 16.8 Å². The van der Waals surface area contributed by atoms with Crippen LogP contribution in [0.25, 0.3) is 22.4 Å². The van der Waals surface area contributed by atoms with Crippen LogP contribution in [0.3, 0.4) is 0 Å². The Bertz CT molecular complexity index is 864. The number of hydrogen-bond donors (Lipinski definition) is 3. The number of aliphatic hydroxyl groups excluding tert-OH is 2. The van der Waals surface area contributed by atoms with E-state index in [-0.39, 0.29) is 0 Å². The molecule has 3 aromatic heterocycles. The van der Waals surface area contributed by atoms with Gasteiger partial charge in [0, 0.05) is 10.9 Å². The average Bonchev–Trinajstić information content (AvgIpc) is 3.28. The van der Waals surface area contributed by atoms with Crippen molar-refractivity contribution < 1.29 is 20.1 Å². The number of ether oxygens (including phenoxy) is 1. The maximum absolute atomic E-state index is 10.6. The number of nitrogens with zero attached hydrogens (tertiary/aromatic N) is 4. The minimum absolute atomic E-state index is 0.393. The van der Waals surface area contributed by atoms with E-state index < -0.39 is 30.6 Å². The van der Waals surface area contributed by atoms with Crippen molar-refractivity contribution in [1.29, 1.82) is 0 Å². The summed E-state index contributed by atoms with van der Waals surface area (Å²) < 4.78 is 7.20. The summed E-state index contributed by atoms with van der Waals surface area (Å²) in [6.45, 7) is 1.07. The predicted molar refractivity (Wildman–Crippen MR) is 86.3 cm³/mol. The molecular weight excluding hydrogens is 332 g/mol. The minimum atomic E-state index is -1.59. The van der Waals surface area contributed by atoms with E-state index in [1.54, 1.807) is 15.9 Å². The van der Waals surface area contributed by atoms with E-state index in [1.165, 1.54) is 19.6 Å². The molecule has 24 heavy (non-hydrogen) atoms. The van der Waals surface area contributed by atoms with Crippen LogP contribution >= 0.6 is 11.3 Å². The van der Waals surface area contributed by atoms with E-state index >= 15 is 0 Å². The lowest BCUT2D eigenvalue weighted by atomic mass is 9.96. The van der Waals surface area contributed by atoms with Gasteiger partial charge in [0.05, 0.1) is 12.9 Å². The third-order valence-electron chi connectivity index (χ3n) is 4.34. The summed E-state index contributed by atoms with van der Waals surface area (Å²) in [6.07, 6.45) is -0.0820.